The summed E-state index contributed by atoms with van der Waals surface area (Å²) in [6, 6.07) is 18.5. The second-order valence-corrected chi connectivity index (χ2v) is 10.5. The molecule has 174 valence electrons. The zero-order valence-corrected chi connectivity index (χ0v) is 21.6. The van der Waals surface area contributed by atoms with E-state index < -0.39 is 0 Å². The number of hydrogen-bond donors (Lipinski definition) is 0. The van der Waals surface area contributed by atoms with Gasteiger partial charge >= 0.3 is 0 Å². The molecule has 5 rings (SSSR count). The van der Waals surface area contributed by atoms with E-state index in [1.165, 1.54) is 20.9 Å². The van der Waals surface area contributed by atoms with E-state index >= 15 is 0 Å². The summed E-state index contributed by atoms with van der Waals surface area (Å²) in [5.41, 5.74) is 5.30. The Balaban J connectivity index is 1.45. The number of nitrogens with zero attached hydrogens (tertiary/aromatic N) is 2. The first-order valence-corrected chi connectivity index (χ1v) is 13.0. The summed E-state index contributed by atoms with van der Waals surface area (Å²) in [6.45, 7) is 2.86. The maximum absolute atomic E-state index is 6.50. The molecule has 1 aliphatic carbocycles. The van der Waals surface area contributed by atoms with Crippen LogP contribution in [0.1, 0.15) is 22.7 Å². The first-order valence-electron chi connectivity index (χ1n) is 11.4. The van der Waals surface area contributed by atoms with Gasteiger partial charge in [-0.3, -0.25) is 0 Å². The molecular weight excluding hydrogens is 491 g/mol. The topological polar surface area (TPSA) is 17.8 Å². The average Bonchev–Trinajstić information content (AvgIpc) is 3.36. The maximum Gasteiger partial charge on any atom is 0.133 e. The highest BCUT2D eigenvalue weighted by Crippen LogP contribution is 2.31. The highest BCUT2D eigenvalue weighted by Gasteiger charge is 2.12. The summed E-state index contributed by atoms with van der Waals surface area (Å²) in [6.07, 6.45) is 17.9. The molecule has 35 heavy (non-hydrogen) atoms. The van der Waals surface area contributed by atoms with Gasteiger partial charge in [-0.15, -0.1) is 11.3 Å². The van der Waals surface area contributed by atoms with Gasteiger partial charge in [0.15, 0.2) is 0 Å². The Bertz CT molecular complexity index is 1470. The van der Waals surface area contributed by atoms with Crippen LogP contribution in [0.3, 0.4) is 0 Å². The number of thiophene rings is 1. The first kappa shape index (κ1) is 23.6. The van der Waals surface area contributed by atoms with Crippen molar-refractivity contribution in [3.63, 3.8) is 0 Å². The third kappa shape index (κ3) is 5.76. The number of allylic oxidation sites excluding steroid dienone is 6. The molecule has 0 amide bonds. The summed E-state index contributed by atoms with van der Waals surface area (Å²) in [5, 5.41) is 1.20. The minimum atomic E-state index is 0.592. The van der Waals surface area contributed by atoms with E-state index in [-0.39, 0.29) is 0 Å². The van der Waals surface area contributed by atoms with Crippen molar-refractivity contribution in [3.8, 4) is 21.7 Å². The van der Waals surface area contributed by atoms with Crippen LogP contribution in [0.15, 0.2) is 96.7 Å². The van der Waals surface area contributed by atoms with E-state index in [2.05, 4.69) is 96.6 Å². The fourth-order valence-electron chi connectivity index (χ4n) is 3.97. The quantitative estimate of drug-likeness (QED) is 0.250. The van der Waals surface area contributed by atoms with E-state index in [4.69, 9.17) is 28.2 Å². The van der Waals surface area contributed by atoms with Gasteiger partial charge < -0.3 is 4.57 Å². The van der Waals surface area contributed by atoms with Gasteiger partial charge in [0.25, 0.3) is 0 Å². The zero-order valence-electron chi connectivity index (χ0n) is 19.3. The number of halogens is 2. The van der Waals surface area contributed by atoms with E-state index in [1.807, 2.05) is 23.5 Å². The van der Waals surface area contributed by atoms with E-state index in [9.17, 15) is 0 Å². The van der Waals surface area contributed by atoms with Crippen LogP contribution in [0.4, 0.5) is 0 Å². The molecule has 2 aromatic heterocycles. The molecule has 1 aliphatic rings. The third-order valence-electron chi connectivity index (χ3n) is 5.80. The Labute approximate surface area is 220 Å². The van der Waals surface area contributed by atoms with E-state index in [0.29, 0.717) is 10.0 Å². The lowest BCUT2D eigenvalue weighted by Gasteiger charge is -2.06. The molecule has 0 unspecified atom stereocenters. The van der Waals surface area contributed by atoms with Crippen molar-refractivity contribution in [1.82, 2.24) is 9.55 Å². The van der Waals surface area contributed by atoms with Crippen molar-refractivity contribution in [3.05, 3.63) is 123 Å². The van der Waals surface area contributed by atoms with Crippen molar-refractivity contribution in [2.45, 2.75) is 19.9 Å². The number of imidazole rings is 1. The van der Waals surface area contributed by atoms with Gasteiger partial charge in [0, 0.05) is 33.1 Å². The highest BCUT2D eigenvalue weighted by atomic mass is 35.5. The largest absolute Gasteiger partial charge is 0.326 e. The van der Waals surface area contributed by atoms with Crippen LogP contribution in [-0.4, -0.2) is 9.55 Å². The van der Waals surface area contributed by atoms with Gasteiger partial charge in [0.2, 0.25) is 0 Å². The Kier molecular flexibility index (Phi) is 7.19. The Morgan fingerprint density at radius 3 is 2.63 bits per heavy atom. The summed E-state index contributed by atoms with van der Waals surface area (Å²) in [7, 11) is 0. The van der Waals surface area contributed by atoms with Gasteiger partial charge in [-0.1, -0.05) is 83.9 Å². The number of hydrogen-bond acceptors (Lipinski definition) is 2. The fraction of sp³-hybridized carbons (Fsp3) is 0.100. The summed E-state index contributed by atoms with van der Waals surface area (Å²) >= 11 is 14.4. The van der Waals surface area contributed by atoms with Gasteiger partial charge in [0.1, 0.15) is 5.82 Å². The monoisotopic (exact) mass is 514 g/mol. The molecule has 2 nitrogen and oxygen atoms in total. The Morgan fingerprint density at radius 2 is 1.86 bits per heavy atom. The fourth-order valence-corrected chi connectivity index (χ4v) is 5.35. The molecule has 4 aromatic rings. The van der Waals surface area contributed by atoms with Gasteiger partial charge in [0.05, 0.1) is 10.7 Å². The minimum absolute atomic E-state index is 0.592. The van der Waals surface area contributed by atoms with Crippen molar-refractivity contribution < 1.29 is 0 Å². The summed E-state index contributed by atoms with van der Waals surface area (Å²) in [4.78, 5) is 7.54. The van der Waals surface area contributed by atoms with Crippen LogP contribution in [0.2, 0.25) is 10.0 Å². The molecule has 5 heteroatoms. The van der Waals surface area contributed by atoms with Gasteiger partial charge in [-0.05, 0) is 66.5 Å². The van der Waals surface area contributed by atoms with Crippen molar-refractivity contribution >= 4 is 46.7 Å². The first-order chi connectivity index (χ1) is 17.0. The third-order valence-corrected chi connectivity index (χ3v) is 7.40. The normalized spacial score (nSPS) is 13.4. The molecular formula is C30H24Cl2N2S. The molecule has 0 spiro atoms. The number of rotatable bonds is 6. The lowest BCUT2D eigenvalue weighted by molar-refractivity contribution is 0.784. The van der Waals surface area contributed by atoms with Gasteiger partial charge in [-0.2, -0.15) is 0 Å². The van der Waals surface area contributed by atoms with Crippen LogP contribution in [0.5, 0.6) is 0 Å². The lowest BCUT2D eigenvalue weighted by Crippen LogP contribution is -2.01. The molecule has 2 heterocycles. The van der Waals surface area contributed by atoms with E-state index in [1.54, 1.807) is 6.07 Å². The molecule has 0 N–H and O–H groups in total. The van der Waals surface area contributed by atoms with Crippen LogP contribution in [-0.2, 0) is 6.54 Å². The number of benzene rings is 2. The molecule has 2 aromatic carbocycles. The van der Waals surface area contributed by atoms with Crippen LogP contribution >= 0.6 is 34.5 Å². The molecule has 0 aliphatic heterocycles. The van der Waals surface area contributed by atoms with Crippen molar-refractivity contribution in [1.29, 1.82) is 0 Å². The minimum Gasteiger partial charge on any atom is -0.326 e. The molecule has 0 saturated heterocycles. The Morgan fingerprint density at radius 1 is 1.00 bits per heavy atom. The predicted octanol–water partition coefficient (Wildman–Crippen LogP) is 9.51. The average molecular weight is 516 g/mol. The maximum atomic E-state index is 6.50. The lowest BCUT2D eigenvalue weighted by atomic mass is 10.1. The molecule has 0 fully saturated rings. The smallest absolute Gasteiger partial charge is 0.133 e. The van der Waals surface area contributed by atoms with Crippen molar-refractivity contribution in [2.75, 3.05) is 0 Å². The SMILES string of the molecule is Cc1ccc(-c2ccc(/C=C/c3nc(-c4ccc(Cl)cc4Cl)cn3CC3=CCC=CC=C3)cc2)s1. The van der Waals surface area contributed by atoms with Gasteiger partial charge in [-0.25, -0.2) is 4.98 Å². The molecule has 0 atom stereocenters. The second kappa shape index (κ2) is 10.7. The predicted molar refractivity (Wildman–Crippen MR) is 152 cm³/mol. The molecule has 0 radical (unpaired) electrons. The van der Waals surface area contributed by atoms with Crippen LogP contribution in [0.25, 0.3) is 33.9 Å². The van der Waals surface area contributed by atoms with Crippen LogP contribution in [0, 0.1) is 6.92 Å². The summed E-state index contributed by atoms with van der Waals surface area (Å²) < 4.78 is 2.17. The molecule has 0 bridgehead atoms. The van der Waals surface area contributed by atoms with Crippen molar-refractivity contribution in [2.24, 2.45) is 0 Å². The zero-order chi connectivity index (χ0) is 24.2. The number of aromatic nitrogens is 2. The van der Waals surface area contributed by atoms with E-state index in [0.717, 1.165) is 35.6 Å². The highest BCUT2D eigenvalue weighted by molar-refractivity contribution is 7.15. The Hall–Kier alpha value is -3.11. The molecule has 0 saturated carbocycles. The number of aryl methyl sites for hydroxylation is 1. The summed E-state index contributed by atoms with van der Waals surface area (Å²) in [5.74, 6) is 0.871. The standard InChI is InChI=1S/C30H24Cl2N2S/c1-21-8-16-29(35-21)24-12-9-22(10-13-24)11-17-30-33-28(26-15-14-25(31)18-27(26)32)20-34(30)19-23-6-4-2-3-5-7-23/h2-4,6-18,20H,5,19H2,1H3/b17-11+. The van der Waals surface area contributed by atoms with Crippen LogP contribution < -0.4 is 0 Å². The second-order valence-electron chi connectivity index (χ2n) is 8.40.